The van der Waals surface area contributed by atoms with Crippen LogP contribution in [0.4, 0.5) is 0 Å². The second kappa shape index (κ2) is 7.02. The standard InChI is InChI=1S/C17H19N5O2S/c1-11-12(2)19-10-22(17(11)24)7-6-18-16(23)14-9-13(20-21(14)3)15-5-4-8-25-15/h4-5,8-10H,6-7H2,1-3H3,(H,18,23). The molecule has 0 aliphatic carbocycles. The van der Waals surface area contributed by atoms with E-state index in [9.17, 15) is 9.59 Å². The average molecular weight is 357 g/mol. The number of aromatic nitrogens is 4. The van der Waals surface area contributed by atoms with Gasteiger partial charge in [-0.15, -0.1) is 11.3 Å². The third-order valence-electron chi connectivity index (χ3n) is 4.04. The zero-order valence-electron chi connectivity index (χ0n) is 14.3. The minimum absolute atomic E-state index is 0.0812. The van der Waals surface area contributed by atoms with Gasteiger partial charge in [-0.3, -0.25) is 18.8 Å². The van der Waals surface area contributed by atoms with Crippen LogP contribution in [0.25, 0.3) is 10.6 Å². The second-order valence-corrected chi connectivity index (χ2v) is 6.67. The SMILES string of the molecule is Cc1ncn(CCNC(=O)c2cc(-c3cccs3)nn2C)c(=O)c1C. The molecule has 0 aliphatic heterocycles. The maximum absolute atomic E-state index is 12.4. The highest BCUT2D eigenvalue weighted by molar-refractivity contribution is 7.13. The Bertz CT molecular complexity index is 956. The van der Waals surface area contributed by atoms with Crippen molar-refractivity contribution in [3.05, 3.63) is 57.2 Å². The molecule has 0 aromatic carbocycles. The van der Waals surface area contributed by atoms with E-state index in [1.165, 1.54) is 10.9 Å². The fourth-order valence-corrected chi connectivity index (χ4v) is 3.12. The van der Waals surface area contributed by atoms with Crippen LogP contribution < -0.4 is 10.9 Å². The zero-order valence-corrected chi connectivity index (χ0v) is 15.1. The van der Waals surface area contributed by atoms with E-state index in [4.69, 9.17) is 0 Å². The summed E-state index contributed by atoms with van der Waals surface area (Å²) in [5.74, 6) is -0.220. The van der Waals surface area contributed by atoms with Crippen LogP contribution in [-0.2, 0) is 13.6 Å². The number of carbonyl (C=O) groups excluding carboxylic acids is 1. The quantitative estimate of drug-likeness (QED) is 0.754. The van der Waals surface area contributed by atoms with Crippen LogP contribution in [0.15, 0.2) is 34.7 Å². The van der Waals surface area contributed by atoms with E-state index in [1.807, 2.05) is 17.5 Å². The summed E-state index contributed by atoms with van der Waals surface area (Å²) in [5, 5.41) is 9.17. The molecule has 0 unspecified atom stereocenters. The van der Waals surface area contributed by atoms with E-state index < -0.39 is 0 Å². The van der Waals surface area contributed by atoms with Crippen molar-refractivity contribution in [2.24, 2.45) is 7.05 Å². The van der Waals surface area contributed by atoms with Crippen LogP contribution in [0.2, 0.25) is 0 Å². The Kier molecular flexibility index (Phi) is 4.80. The highest BCUT2D eigenvalue weighted by Gasteiger charge is 2.14. The molecule has 8 heteroatoms. The predicted molar refractivity (Wildman–Crippen MR) is 96.8 cm³/mol. The minimum atomic E-state index is -0.220. The first-order chi connectivity index (χ1) is 12.0. The molecule has 0 radical (unpaired) electrons. The summed E-state index contributed by atoms with van der Waals surface area (Å²) in [6.07, 6.45) is 1.51. The monoisotopic (exact) mass is 357 g/mol. The highest BCUT2D eigenvalue weighted by Crippen LogP contribution is 2.23. The maximum Gasteiger partial charge on any atom is 0.269 e. The summed E-state index contributed by atoms with van der Waals surface area (Å²) in [6, 6.07) is 5.68. The predicted octanol–water partition coefficient (Wildman–Crippen LogP) is 1.75. The Balaban J connectivity index is 1.66. The lowest BCUT2D eigenvalue weighted by molar-refractivity contribution is 0.0942. The molecule has 0 atom stereocenters. The van der Waals surface area contributed by atoms with E-state index in [0.717, 1.165) is 16.3 Å². The summed E-state index contributed by atoms with van der Waals surface area (Å²) in [5.41, 5.74) is 2.52. The molecular formula is C17H19N5O2S. The maximum atomic E-state index is 12.4. The van der Waals surface area contributed by atoms with E-state index in [2.05, 4.69) is 15.4 Å². The Hall–Kier alpha value is -2.74. The summed E-state index contributed by atoms with van der Waals surface area (Å²) in [6.45, 7) is 4.26. The van der Waals surface area contributed by atoms with Gasteiger partial charge in [-0.05, 0) is 31.4 Å². The van der Waals surface area contributed by atoms with Crippen molar-refractivity contribution in [2.45, 2.75) is 20.4 Å². The molecule has 25 heavy (non-hydrogen) atoms. The lowest BCUT2D eigenvalue weighted by Gasteiger charge is -2.09. The molecule has 130 valence electrons. The molecular weight excluding hydrogens is 338 g/mol. The summed E-state index contributed by atoms with van der Waals surface area (Å²) in [7, 11) is 1.74. The molecule has 0 spiro atoms. The molecule has 0 saturated carbocycles. The van der Waals surface area contributed by atoms with Gasteiger partial charge in [0.15, 0.2) is 0 Å². The first-order valence-electron chi connectivity index (χ1n) is 7.86. The van der Waals surface area contributed by atoms with Crippen LogP contribution in [0.5, 0.6) is 0 Å². The number of hydrogen-bond donors (Lipinski definition) is 1. The van der Waals surface area contributed by atoms with Gasteiger partial charge >= 0.3 is 0 Å². The largest absolute Gasteiger partial charge is 0.349 e. The number of thiophene rings is 1. The van der Waals surface area contributed by atoms with Crippen LogP contribution in [0.3, 0.4) is 0 Å². The third-order valence-corrected chi connectivity index (χ3v) is 4.93. The van der Waals surface area contributed by atoms with E-state index in [0.29, 0.717) is 24.3 Å². The zero-order chi connectivity index (χ0) is 18.0. The van der Waals surface area contributed by atoms with Crippen LogP contribution in [-0.4, -0.2) is 31.8 Å². The molecule has 3 aromatic rings. The van der Waals surface area contributed by atoms with Crippen molar-refractivity contribution in [2.75, 3.05) is 6.54 Å². The molecule has 7 nitrogen and oxygen atoms in total. The van der Waals surface area contributed by atoms with E-state index in [-0.39, 0.29) is 11.5 Å². The van der Waals surface area contributed by atoms with Gasteiger partial charge in [0.1, 0.15) is 11.4 Å². The molecule has 1 amide bonds. The van der Waals surface area contributed by atoms with Crippen molar-refractivity contribution >= 4 is 17.2 Å². The molecule has 3 aromatic heterocycles. The van der Waals surface area contributed by atoms with Crippen LogP contribution in [0.1, 0.15) is 21.7 Å². The topological polar surface area (TPSA) is 81.8 Å². The molecule has 3 heterocycles. The van der Waals surface area contributed by atoms with Gasteiger partial charge in [-0.1, -0.05) is 6.07 Å². The Morgan fingerprint density at radius 2 is 2.16 bits per heavy atom. The molecule has 0 bridgehead atoms. The number of amides is 1. The van der Waals surface area contributed by atoms with Gasteiger partial charge in [0, 0.05) is 31.4 Å². The van der Waals surface area contributed by atoms with Crippen molar-refractivity contribution < 1.29 is 4.79 Å². The van der Waals surface area contributed by atoms with Gasteiger partial charge in [0.25, 0.3) is 11.5 Å². The van der Waals surface area contributed by atoms with Gasteiger partial charge in [0.05, 0.1) is 11.2 Å². The van der Waals surface area contributed by atoms with E-state index >= 15 is 0 Å². The average Bonchev–Trinajstić information content (AvgIpc) is 3.24. The number of rotatable bonds is 5. The van der Waals surface area contributed by atoms with Crippen molar-refractivity contribution in [3.8, 4) is 10.6 Å². The molecule has 3 rings (SSSR count). The number of nitrogens with one attached hydrogen (secondary N) is 1. The lowest BCUT2D eigenvalue weighted by atomic mass is 10.3. The van der Waals surface area contributed by atoms with Gasteiger partial charge in [-0.2, -0.15) is 5.10 Å². The number of hydrogen-bond acceptors (Lipinski definition) is 5. The summed E-state index contributed by atoms with van der Waals surface area (Å²) < 4.78 is 3.07. The fourth-order valence-electron chi connectivity index (χ4n) is 2.44. The molecule has 0 aliphatic rings. The van der Waals surface area contributed by atoms with Gasteiger partial charge in [-0.25, -0.2) is 4.98 Å². The van der Waals surface area contributed by atoms with Crippen molar-refractivity contribution in [1.29, 1.82) is 0 Å². The fraction of sp³-hybridized carbons (Fsp3) is 0.294. The minimum Gasteiger partial charge on any atom is -0.349 e. The van der Waals surface area contributed by atoms with Crippen molar-refractivity contribution in [3.63, 3.8) is 0 Å². The number of nitrogens with zero attached hydrogens (tertiary/aromatic N) is 4. The third kappa shape index (κ3) is 3.53. The Morgan fingerprint density at radius 3 is 2.88 bits per heavy atom. The smallest absolute Gasteiger partial charge is 0.269 e. The summed E-state index contributed by atoms with van der Waals surface area (Å²) >= 11 is 1.58. The Labute approximate surface area is 149 Å². The molecule has 0 saturated heterocycles. The van der Waals surface area contributed by atoms with Crippen LogP contribution >= 0.6 is 11.3 Å². The molecule has 0 fully saturated rings. The normalized spacial score (nSPS) is 10.8. The summed E-state index contributed by atoms with van der Waals surface area (Å²) in [4.78, 5) is 29.7. The first kappa shape index (κ1) is 17.1. The van der Waals surface area contributed by atoms with Gasteiger partial charge in [0.2, 0.25) is 0 Å². The number of aryl methyl sites for hydroxylation is 2. The Morgan fingerprint density at radius 1 is 1.36 bits per heavy atom. The van der Waals surface area contributed by atoms with Gasteiger partial charge < -0.3 is 5.32 Å². The van der Waals surface area contributed by atoms with E-state index in [1.54, 1.807) is 43.0 Å². The van der Waals surface area contributed by atoms with Crippen molar-refractivity contribution in [1.82, 2.24) is 24.6 Å². The highest BCUT2D eigenvalue weighted by atomic mass is 32.1. The second-order valence-electron chi connectivity index (χ2n) is 5.73. The van der Waals surface area contributed by atoms with Crippen LogP contribution in [0, 0.1) is 13.8 Å². The lowest BCUT2D eigenvalue weighted by Crippen LogP contribution is -2.32. The molecule has 1 N–H and O–H groups in total. The first-order valence-corrected chi connectivity index (χ1v) is 8.74. The number of carbonyl (C=O) groups is 1.